The third-order valence-corrected chi connectivity index (χ3v) is 2.31. The van der Waals surface area contributed by atoms with Crippen molar-refractivity contribution in [2.45, 2.75) is 32.7 Å². The molecule has 0 saturated heterocycles. The van der Waals surface area contributed by atoms with Gasteiger partial charge in [-0.05, 0) is 12.8 Å². The van der Waals surface area contributed by atoms with Gasteiger partial charge in [-0.15, -0.1) is 0 Å². The molecule has 0 fully saturated rings. The largest absolute Gasteiger partial charge is 0.550 e. The highest BCUT2D eigenvalue weighted by Crippen LogP contribution is 1.99. The molecule has 14 heavy (non-hydrogen) atoms. The lowest BCUT2D eigenvalue weighted by atomic mass is 10.3. The lowest BCUT2D eigenvalue weighted by molar-refractivity contribution is -0.678. The van der Waals surface area contributed by atoms with Gasteiger partial charge in [-0.1, -0.05) is 6.92 Å². The molecule has 0 atom stereocenters. The fourth-order valence-corrected chi connectivity index (χ4v) is 1.60. The van der Waals surface area contributed by atoms with E-state index in [2.05, 4.69) is 16.1 Å². The zero-order chi connectivity index (χ0) is 10.6. The van der Waals surface area contributed by atoms with Crippen LogP contribution in [-0.2, 0) is 24.8 Å². The summed E-state index contributed by atoms with van der Waals surface area (Å²) in [6.07, 6.45) is 5.68. The van der Waals surface area contributed by atoms with Crippen molar-refractivity contribution in [3.05, 3.63) is 18.2 Å². The molecule has 1 aromatic rings. The van der Waals surface area contributed by atoms with Crippen molar-refractivity contribution in [2.24, 2.45) is 7.05 Å². The number of aryl methyl sites for hydroxylation is 2. The van der Waals surface area contributed by atoms with Gasteiger partial charge in [0, 0.05) is 12.4 Å². The molecule has 0 aromatic carbocycles. The Balaban J connectivity index is 2.54. The lowest BCUT2D eigenvalue weighted by Crippen LogP contribution is -2.31. The smallest absolute Gasteiger partial charge is 0.255 e. The maximum Gasteiger partial charge on any atom is 0.255 e. The summed E-state index contributed by atoms with van der Waals surface area (Å²) in [4.78, 5) is 10.2. The van der Waals surface area contributed by atoms with Crippen molar-refractivity contribution in [1.29, 1.82) is 0 Å². The van der Waals surface area contributed by atoms with E-state index in [-0.39, 0.29) is 6.42 Å². The van der Waals surface area contributed by atoms with Crippen LogP contribution in [0.15, 0.2) is 12.4 Å². The third-order valence-electron chi connectivity index (χ3n) is 2.31. The lowest BCUT2D eigenvalue weighted by Gasteiger charge is -2.01. The summed E-state index contributed by atoms with van der Waals surface area (Å²) in [5.41, 5.74) is 0. The molecule has 0 radical (unpaired) electrons. The first-order chi connectivity index (χ1) is 6.65. The molecule has 0 aliphatic rings. The number of hydrogen-bond donors (Lipinski definition) is 0. The number of aliphatic carboxylic acids is 1. The number of imidazole rings is 1. The average molecular weight is 196 g/mol. The van der Waals surface area contributed by atoms with Crippen molar-refractivity contribution < 1.29 is 14.5 Å². The van der Waals surface area contributed by atoms with Gasteiger partial charge >= 0.3 is 0 Å². The van der Waals surface area contributed by atoms with E-state index < -0.39 is 5.97 Å². The second-order valence-electron chi connectivity index (χ2n) is 3.35. The van der Waals surface area contributed by atoms with Gasteiger partial charge in [-0.3, -0.25) is 0 Å². The predicted octanol–water partition coefficient (Wildman–Crippen LogP) is -0.595. The zero-order valence-electron chi connectivity index (χ0n) is 8.69. The Hall–Kier alpha value is -1.32. The van der Waals surface area contributed by atoms with Crippen LogP contribution >= 0.6 is 0 Å². The highest BCUT2D eigenvalue weighted by atomic mass is 16.4. The van der Waals surface area contributed by atoms with Crippen LogP contribution in [0.5, 0.6) is 0 Å². The van der Waals surface area contributed by atoms with Gasteiger partial charge in [0.2, 0.25) is 0 Å². The first-order valence-corrected chi connectivity index (χ1v) is 4.88. The number of carboxylic acid groups (broad SMARTS) is 1. The molecule has 0 bridgehead atoms. The molecule has 0 spiro atoms. The number of carbonyl (C=O) groups is 1. The summed E-state index contributed by atoms with van der Waals surface area (Å²) in [6.45, 7) is 2.84. The molecule has 1 rings (SSSR count). The Morgan fingerprint density at radius 3 is 2.93 bits per heavy atom. The van der Waals surface area contributed by atoms with Crippen LogP contribution in [0.25, 0.3) is 0 Å². The summed E-state index contributed by atoms with van der Waals surface area (Å²) >= 11 is 0. The molecule has 78 valence electrons. The molecule has 4 heteroatoms. The van der Waals surface area contributed by atoms with E-state index >= 15 is 0 Å². The zero-order valence-corrected chi connectivity index (χ0v) is 8.69. The Labute approximate surface area is 83.8 Å². The molecular weight excluding hydrogens is 180 g/mol. The number of carboxylic acids is 1. The van der Waals surface area contributed by atoms with Crippen molar-refractivity contribution >= 4 is 5.97 Å². The van der Waals surface area contributed by atoms with Gasteiger partial charge in [-0.25, -0.2) is 9.13 Å². The second-order valence-corrected chi connectivity index (χ2v) is 3.35. The van der Waals surface area contributed by atoms with Gasteiger partial charge in [-0.2, -0.15) is 0 Å². The molecule has 0 amide bonds. The highest BCUT2D eigenvalue weighted by molar-refractivity contribution is 5.64. The molecule has 0 aliphatic carbocycles. The molecule has 1 heterocycles. The van der Waals surface area contributed by atoms with Crippen molar-refractivity contribution in [1.82, 2.24) is 4.57 Å². The van der Waals surface area contributed by atoms with Crippen molar-refractivity contribution in [2.75, 3.05) is 0 Å². The van der Waals surface area contributed by atoms with Gasteiger partial charge < -0.3 is 9.90 Å². The quantitative estimate of drug-likeness (QED) is 0.591. The fourth-order valence-electron chi connectivity index (χ4n) is 1.60. The van der Waals surface area contributed by atoms with Crippen LogP contribution in [0.3, 0.4) is 0 Å². The van der Waals surface area contributed by atoms with Crippen LogP contribution in [0.4, 0.5) is 0 Å². The standard InChI is InChI=1S/C10H16N2O2/c1-3-9-11(2)7-8-12(9)6-4-5-10(13)14/h7-8H,3-6H2,1-2H3. The van der Waals surface area contributed by atoms with E-state index in [1.54, 1.807) is 0 Å². The molecule has 0 unspecified atom stereocenters. The van der Waals surface area contributed by atoms with E-state index in [1.807, 2.05) is 19.4 Å². The summed E-state index contributed by atoms with van der Waals surface area (Å²) in [7, 11) is 1.99. The van der Waals surface area contributed by atoms with Crippen LogP contribution < -0.4 is 9.67 Å². The summed E-state index contributed by atoms with van der Waals surface area (Å²) < 4.78 is 4.14. The highest BCUT2D eigenvalue weighted by Gasteiger charge is 2.10. The van der Waals surface area contributed by atoms with Crippen LogP contribution in [0.2, 0.25) is 0 Å². The monoisotopic (exact) mass is 196 g/mol. The minimum atomic E-state index is -0.973. The minimum absolute atomic E-state index is 0.130. The molecule has 1 aromatic heterocycles. The van der Waals surface area contributed by atoms with Crippen LogP contribution in [0, 0.1) is 0 Å². The Morgan fingerprint density at radius 2 is 2.36 bits per heavy atom. The molecule has 0 N–H and O–H groups in total. The summed E-state index contributed by atoms with van der Waals surface area (Å²) in [5.74, 6) is 0.239. The van der Waals surface area contributed by atoms with Crippen LogP contribution in [0.1, 0.15) is 25.6 Å². The average Bonchev–Trinajstić information content (AvgIpc) is 2.46. The van der Waals surface area contributed by atoms with E-state index in [9.17, 15) is 9.90 Å². The first kappa shape index (κ1) is 10.8. The Morgan fingerprint density at radius 1 is 1.64 bits per heavy atom. The van der Waals surface area contributed by atoms with E-state index in [0.717, 1.165) is 13.0 Å². The maximum absolute atomic E-state index is 10.2. The molecule has 0 aliphatic heterocycles. The molecule has 4 nitrogen and oxygen atoms in total. The Kier molecular flexibility index (Phi) is 3.68. The van der Waals surface area contributed by atoms with Gasteiger partial charge in [0.25, 0.3) is 5.82 Å². The minimum Gasteiger partial charge on any atom is -0.550 e. The van der Waals surface area contributed by atoms with Crippen molar-refractivity contribution in [3.8, 4) is 0 Å². The number of aromatic nitrogens is 2. The van der Waals surface area contributed by atoms with Gasteiger partial charge in [0.05, 0.1) is 13.6 Å². The molecule has 0 saturated carbocycles. The third kappa shape index (κ3) is 2.58. The van der Waals surface area contributed by atoms with Crippen LogP contribution in [-0.4, -0.2) is 10.5 Å². The summed E-state index contributed by atoms with van der Waals surface area (Å²) in [6, 6.07) is 0. The summed E-state index contributed by atoms with van der Waals surface area (Å²) in [5, 5.41) is 10.2. The topological polar surface area (TPSA) is 48.9 Å². The second kappa shape index (κ2) is 4.79. The number of hydrogen-bond acceptors (Lipinski definition) is 2. The first-order valence-electron chi connectivity index (χ1n) is 4.88. The predicted molar refractivity (Wildman–Crippen MR) is 49.2 cm³/mol. The van der Waals surface area contributed by atoms with E-state index in [1.165, 1.54) is 5.82 Å². The maximum atomic E-state index is 10.2. The number of carbonyl (C=O) groups excluding carboxylic acids is 1. The Bertz CT molecular complexity index is 318. The fraction of sp³-hybridized carbons (Fsp3) is 0.600. The van der Waals surface area contributed by atoms with Gasteiger partial charge in [0.1, 0.15) is 12.4 Å². The van der Waals surface area contributed by atoms with Gasteiger partial charge in [0.15, 0.2) is 0 Å². The van der Waals surface area contributed by atoms with E-state index in [4.69, 9.17) is 0 Å². The SMILES string of the molecule is CCc1n(CCCC(=O)[O-])cc[n+]1C. The number of nitrogens with zero attached hydrogens (tertiary/aromatic N) is 2. The molecular formula is C10H16N2O2. The number of rotatable bonds is 5. The van der Waals surface area contributed by atoms with Crippen molar-refractivity contribution in [3.63, 3.8) is 0 Å². The van der Waals surface area contributed by atoms with E-state index in [0.29, 0.717) is 6.42 Å². The normalized spacial score (nSPS) is 10.4.